The fourth-order valence-electron chi connectivity index (χ4n) is 2.77. The van der Waals surface area contributed by atoms with E-state index in [2.05, 4.69) is 5.32 Å². The highest BCUT2D eigenvalue weighted by Crippen LogP contribution is 2.21. The standard InChI is InChI=1S/C16H19N3O4/c1-11-6-2-3-7-12(11)10-17-15(21)23-19-14(20)13-8-4-5-9-18(13)16(19)22/h2-3,6-7,20H,4-5,8-10H2,1H3,(H,17,21). The van der Waals surface area contributed by atoms with Crippen LogP contribution in [0.25, 0.3) is 0 Å². The first-order valence-corrected chi connectivity index (χ1v) is 7.62. The Morgan fingerprint density at radius 2 is 2.13 bits per heavy atom. The quantitative estimate of drug-likeness (QED) is 0.894. The number of aromatic nitrogens is 2. The summed E-state index contributed by atoms with van der Waals surface area (Å²) < 4.78 is 2.11. The summed E-state index contributed by atoms with van der Waals surface area (Å²) in [5.41, 5.74) is 2.00. The Hall–Kier alpha value is -2.70. The molecule has 7 heteroatoms. The number of hydrogen-bond acceptors (Lipinski definition) is 4. The minimum atomic E-state index is -0.784. The molecule has 0 atom stereocenters. The fourth-order valence-corrected chi connectivity index (χ4v) is 2.77. The van der Waals surface area contributed by atoms with E-state index >= 15 is 0 Å². The highest BCUT2D eigenvalue weighted by molar-refractivity contribution is 5.67. The fraction of sp³-hybridized carbons (Fsp3) is 0.375. The molecule has 0 unspecified atom stereocenters. The molecule has 0 aliphatic carbocycles. The maximum atomic E-state index is 12.2. The van der Waals surface area contributed by atoms with Gasteiger partial charge in [0.25, 0.3) is 5.88 Å². The minimum Gasteiger partial charge on any atom is -0.491 e. The van der Waals surface area contributed by atoms with Crippen LogP contribution in [0.5, 0.6) is 5.88 Å². The Morgan fingerprint density at radius 1 is 1.35 bits per heavy atom. The van der Waals surface area contributed by atoms with Crippen molar-refractivity contribution < 1.29 is 14.7 Å². The van der Waals surface area contributed by atoms with Gasteiger partial charge in [0.1, 0.15) is 0 Å². The predicted molar refractivity (Wildman–Crippen MR) is 83.3 cm³/mol. The topological polar surface area (TPSA) is 85.5 Å². The van der Waals surface area contributed by atoms with Gasteiger partial charge in [0, 0.05) is 13.1 Å². The van der Waals surface area contributed by atoms with Crippen molar-refractivity contribution in [3.8, 4) is 5.88 Å². The van der Waals surface area contributed by atoms with Gasteiger partial charge in [-0.3, -0.25) is 4.57 Å². The number of imidazole rings is 1. The van der Waals surface area contributed by atoms with Crippen LogP contribution in [0.4, 0.5) is 4.79 Å². The van der Waals surface area contributed by atoms with Crippen molar-refractivity contribution in [2.24, 2.45) is 0 Å². The average Bonchev–Trinajstić information content (AvgIpc) is 2.80. The van der Waals surface area contributed by atoms with Crippen LogP contribution in [0.2, 0.25) is 0 Å². The van der Waals surface area contributed by atoms with Crippen molar-refractivity contribution in [2.45, 2.75) is 39.3 Å². The van der Waals surface area contributed by atoms with Crippen molar-refractivity contribution >= 4 is 6.09 Å². The second kappa shape index (κ2) is 6.20. The van der Waals surface area contributed by atoms with E-state index in [1.807, 2.05) is 31.2 Å². The van der Waals surface area contributed by atoms with Crippen molar-refractivity contribution in [1.29, 1.82) is 0 Å². The molecule has 3 rings (SSSR count). The largest absolute Gasteiger partial charge is 0.491 e. The second-order valence-electron chi connectivity index (χ2n) is 5.61. The molecule has 0 saturated heterocycles. The average molecular weight is 317 g/mol. The normalized spacial score (nSPS) is 13.4. The van der Waals surface area contributed by atoms with Crippen molar-refractivity contribution in [1.82, 2.24) is 14.6 Å². The van der Waals surface area contributed by atoms with Gasteiger partial charge in [-0.1, -0.05) is 29.0 Å². The first-order valence-electron chi connectivity index (χ1n) is 7.62. The lowest BCUT2D eigenvalue weighted by atomic mass is 10.1. The third kappa shape index (κ3) is 2.94. The molecule has 0 saturated carbocycles. The number of aromatic hydroxyl groups is 1. The van der Waals surface area contributed by atoms with E-state index in [1.165, 1.54) is 4.57 Å². The van der Waals surface area contributed by atoms with Gasteiger partial charge in [0.15, 0.2) is 0 Å². The monoisotopic (exact) mass is 317 g/mol. The molecule has 0 radical (unpaired) electrons. The SMILES string of the molecule is Cc1ccccc1CNC(=O)On1c(O)c2n(c1=O)CCCC2. The van der Waals surface area contributed by atoms with Crippen LogP contribution in [-0.2, 0) is 19.5 Å². The molecular weight excluding hydrogens is 298 g/mol. The summed E-state index contributed by atoms with van der Waals surface area (Å²) in [4.78, 5) is 29.0. The third-order valence-corrected chi connectivity index (χ3v) is 4.08. The van der Waals surface area contributed by atoms with E-state index in [4.69, 9.17) is 4.84 Å². The lowest BCUT2D eigenvalue weighted by Crippen LogP contribution is -2.37. The number of carbonyl (C=O) groups excluding carboxylic acids is 1. The molecule has 1 aliphatic heterocycles. The number of aryl methyl sites for hydroxylation is 1. The van der Waals surface area contributed by atoms with Crippen molar-refractivity contribution in [3.63, 3.8) is 0 Å². The molecular formula is C16H19N3O4. The number of benzene rings is 1. The van der Waals surface area contributed by atoms with Gasteiger partial charge in [-0.15, -0.1) is 0 Å². The lowest BCUT2D eigenvalue weighted by molar-refractivity contribution is 0.114. The number of nitrogens with zero attached hydrogens (tertiary/aromatic N) is 2. The van der Waals surface area contributed by atoms with E-state index in [0.29, 0.717) is 23.4 Å². The van der Waals surface area contributed by atoms with Crippen LogP contribution in [0.1, 0.15) is 29.7 Å². The number of fused-ring (bicyclic) bond motifs is 1. The zero-order valence-corrected chi connectivity index (χ0v) is 12.9. The van der Waals surface area contributed by atoms with Gasteiger partial charge in [0.05, 0.1) is 5.69 Å². The maximum Gasteiger partial charge on any atom is 0.432 e. The smallest absolute Gasteiger partial charge is 0.432 e. The zero-order valence-electron chi connectivity index (χ0n) is 12.9. The summed E-state index contributed by atoms with van der Waals surface area (Å²) >= 11 is 0. The number of hydrogen-bond donors (Lipinski definition) is 2. The molecule has 0 fully saturated rings. The van der Waals surface area contributed by atoms with Crippen molar-refractivity contribution in [2.75, 3.05) is 0 Å². The van der Waals surface area contributed by atoms with Gasteiger partial charge in [0.2, 0.25) is 0 Å². The van der Waals surface area contributed by atoms with Crippen LogP contribution in [0.15, 0.2) is 29.1 Å². The van der Waals surface area contributed by atoms with Gasteiger partial charge in [-0.25, -0.2) is 9.59 Å². The first kappa shape index (κ1) is 15.2. The maximum absolute atomic E-state index is 12.2. The molecule has 1 aromatic carbocycles. The Labute approximate surface area is 133 Å². The number of carbonyl (C=O) groups is 1. The highest BCUT2D eigenvalue weighted by atomic mass is 16.7. The van der Waals surface area contributed by atoms with E-state index in [0.717, 1.165) is 24.0 Å². The molecule has 1 aromatic heterocycles. The summed E-state index contributed by atoms with van der Waals surface area (Å²) in [6.07, 6.45) is 1.59. The van der Waals surface area contributed by atoms with Gasteiger partial charge in [-0.05, 0) is 37.3 Å². The highest BCUT2D eigenvalue weighted by Gasteiger charge is 2.24. The van der Waals surface area contributed by atoms with E-state index < -0.39 is 11.8 Å². The van der Waals surface area contributed by atoms with Crippen LogP contribution in [0.3, 0.4) is 0 Å². The zero-order chi connectivity index (χ0) is 16.4. The molecule has 7 nitrogen and oxygen atoms in total. The number of rotatable bonds is 3. The lowest BCUT2D eigenvalue weighted by Gasteiger charge is -2.11. The van der Waals surface area contributed by atoms with Crippen LogP contribution >= 0.6 is 0 Å². The molecule has 0 spiro atoms. The summed E-state index contributed by atoms with van der Waals surface area (Å²) in [6, 6.07) is 7.64. The minimum absolute atomic E-state index is 0.286. The Kier molecular flexibility index (Phi) is 4.10. The van der Waals surface area contributed by atoms with Gasteiger partial charge in [-0.2, -0.15) is 0 Å². The summed E-state index contributed by atoms with van der Waals surface area (Å²) in [5.74, 6) is -0.291. The molecule has 2 heterocycles. The summed E-state index contributed by atoms with van der Waals surface area (Å²) in [5, 5.41) is 12.7. The third-order valence-electron chi connectivity index (χ3n) is 4.08. The Balaban J connectivity index is 1.70. The number of nitrogens with one attached hydrogen (secondary N) is 1. The van der Waals surface area contributed by atoms with E-state index in [9.17, 15) is 14.7 Å². The molecule has 1 aliphatic rings. The predicted octanol–water partition coefficient (Wildman–Crippen LogP) is 1.34. The van der Waals surface area contributed by atoms with Gasteiger partial charge < -0.3 is 15.3 Å². The first-order chi connectivity index (χ1) is 11.1. The Bertz CT molecular complexity index is 791. The molecule has 0 bridgehead atoms. The van der Waals surface area contributed by atoms with Gasteiger partial charge >= 0.3 is 11.8 Å². The summed E-state index contributed by atoms with van der Waals surface area (Å²) in [6.45, 7) is 2.76. The molecule has 122 valence electrons. The Morgan fingerprint density at radius 3 is 2.87 bits per heavy atom. The van der Waals surface area contributed by atoms with E-state index in [-0.39, 0.29) is 12.4 Å². The summed E-state index contributed by atoms with van der Waals surface area (Å²) in [7, 11) is 0. The van der Waals surface area contributed by atoms with Crippen LogP contribution in [0, 0.1) is 6.92 Å². The molecule has 2 aromatic rings. The second-order valence-corrected chi connectivity index (χ2v) is 5.61. The van der Waals surface area contributed by atoms with Crippen LogP contribution in [-0.4, -0.2) is 20.5 Å². The van der Waals surface area contributed by atoms with Crippen LogP contribution < -0.4 is 15.8 Å². The molecule has 2 N–H and O–H groups in total. The number of amides is 1. The molecule has 23 heavy (non-hydrogen) atoms. The van der Waals surface area contributed by atoms with Crippen molar-refractivity contribution in [3.05, 3.63) is 51.6 Å². The molecule has 1 amide bonds. The van der Waals surface area contributed by atoms with E-state index in [1.54, 1.807) is 0 Å².